The third-order valence-corrected chi connectivity index (χ3v) is 9.81. The van der Waals surface area contributed by atoms with Gasteiger partial charge in [0.05, 0.1) is 0 Å². The molecule has 5 nitrogen and oxygen atoms in total. The molecule has 0 aromatic heterocycles. The van der Waals surface area contributed by atoms with Gasteiger partial charge in [-0.2, -0.15) is 21.6 Å². The molecule has 0 amide bonds. The Hall–Kier alpha value is -1.49. The number of halogens is 3. The quantitative estimate of drug-likeness (QED) is 0.348. The average Bonchev–Trinajstić information content (AvgIpc) is 3.09. The Kier molecular flexibility index (Phi) is 6.14. The number of benzene rings is 2. The molecule has 0 aliphatic carbocycles. The first-order valence-electron chi connectivity index (χ1n) is 8.73. The van der Waals surface area contributed by atoms with Crippen LogP contribution in [0, 0.1) is 0 Å². The van der Waals surface area contributed by atoms with Gasteiger partial charge in [0.25, 0.3) is 0 Å². The lowest BCUT2D eigenvalue weighted by Gasteiger charge is -2.35. The summed E-state index contributed by atoms with van der Waals surface area (Å²) in [6.07, 6.45) is 1.24. The minimum atomic E-state index is -5.68. The van der Waals surface area contributed by atoms with Crippen LogP contribution in [0.25, 0.3) is 10.8 Å². The van der Waals surface area contributed by atoms with E-state index in [4.69, 9.17) is 13.1 Å². The second kappa shape index (κ2) is 8.10. The van der Waals surface area contributed by atoms with Crippen LogP contribution in [0.5, 0.6) is 5.75 Å². The van der Waals surface area contributed by atoms with Gasteiger partial charge >= 0.3 is 15.6 Å². The van der Waals surface area contributed by atoms with Gasteiger partial charge in [0.1, 0.15) is 5.75 Å². The maximum Gasteiger partial charge on any atom is 0.523 e. The highest BCUT2D eigenvalue weighted by Crippen LogP contribution is 2.64. The van der Waals surface area contributed by atoms with E-state index in [1.165, 1.54) is 0 Å². The third-order valence-electron chi connectivity index (χ3n) is 4.43. The van der Waals surface area contributed by atoms with E-state index >= 15 is 0 Å². The molecule has 2 aromatic rings. The maximum atomic E-state index is 13.0. The first kappa shape index (κ1) is 21.2. The van der Waals surface area contributed by atoms with E-state index < -0.39 is 25.9 Å². The first-order valence-corrected chi connectivity index (χ1v) is 12.0. The van der Waals surface area contributed by atoms with Crippen LogP contribution < -0.4 is 4.74 Å². The minimum absolute atomic E-state index is 0.0871. The summed E-state index contributed by atoms with van der Waals surface area (Å²) >= 11 is 0. The van der Waals surface area contributed by atoms with E-state index in [2.05, 4.69) is 0 Å². The highest BCUT2D eigenvalue weighted by atomic mass is 32.3. The molecule has 1 aliphatic rings. The van der Waals surface area contributed by atoms with E-state index in [0.29, 0.717) is 35.5 Å². The molecule has 1 aliphatic heterocycles. The Morgan fingerprint density at radius 1 is 1.11 bits per heavy atom. The Morgan fingerprint density at radius 2 is 1.82 bits per heavy atom. The van der Waals surface area contributed by atoms with Crippen LogP contribution >= 0.6 is 10.3 Å². The fourth-order valence-electron chi connectivity index (χ4n) is 3.15. The zero-order chi connectivity index (χ0) is 20.4. The molecular weight excluding hydrogens is 417 g/mol. The molecule has 1 saturated heterocycles. The Labute approximate surface area is 163 Å². The van der Waals surface area contributed by atoms with Gasteiger partial charge in [-0.05, 0) is 54.8 Å². The van der Waals surface area contributed by atoms with E-state index in [-0.39, 0.29) is 18.3 Å². The molecule has 0 radical (unpaired) electrons. The van der Waals surface area contributed by atoms with Gasteiger partial charge in [-0.1, -0.05) is 22.4 Å². The summed E-state index contributed by atoms with van der Waals surface area (Å²) in [5.41, 5.74) is -5.44. The lowest BCUT2D eigenvalue weighted by atomic mass is 10.1. The molecule has 1 heterocycles. The average molecular weight is 438 g/mol. The van der Waals surface area contributed by atoms with E-state index in [9.17, 15) is 21.6 Å². The molecule has 0 atom stereocenters. The van der Waals surface area contributed by atoms with Gasteiger partial charge < -0.3 is 9.47 Å². The summed E-state index contributed by atoms with van der Waals surface area (Å²) in [5.74, 6) is 1.12. The summed E-state index contributed by atoms with van der Waals surface area (Å²) in [5, 5.41) is 1.40. The summed E-state index contributed by atoms with van der Waals surface area (Å²) < 4.78 is 78.0. The van der Waals surface area contributed by atoms with E-state index in [0.717, 1.165) is 5.39 Å². The molecule has 1 fully saturated rings. The van der Waals surface area contributed by atoms with E-state index in [1.54, 1.807) is 36.4 Å². The van der Waals surface area contributed by atoms with Crippen molar-refractivity contribution in [1.82, 2.24) is 0 Å². The third kappa shape index (κ3) is 4.24. The van der Waals surface area contributed by atoms with Crippen LogP contribution in [0.1, 0.15) is 19.8 Å². The predicted octanol–water partition coefficient (Wildman–Crippen LogP) is 4.95. The van der Waals surface area contributed by atoms with Crippen LogP contribution in [-0.4, -0.2) is 38.8 Å². The summed E-state index contributed by atoms with van der Waals surface area (Å²) in [6.45, 7) is 2.44. The molecule has 0 bridgehead atoms. The highest BCUT2D eigenvalue weighted by Gasteiger charge is 2.52. The molecule has 0 saturated carbocycles. The van der Waals surface area contributed by atoms with Crippen molar-refractivity contribution in [3.05, 3.63) is 36.4 Å². The number of hydrogen-bond acceptors (Lipinski definition) is 5. The summed E-state index contributed by atoms with van der Waals surface area (Å²) in [6, 6.07) is 10.3. The van der Waals surface area contributed by atoms with Crippen molar-refractivity contribution in [3.63, 3.8) is 0 Å². The van der Waals surface area contributed by atoms with Crippen LogP contribution in [-0.2, 0) is 18.5 Å². The number of fused-ring (bicyclic) bond motifs is 1. The van der Waals surface area contributed by atoms with Crippen molar-refractivity contribution in [3.8, 4) is 5.75 Å². The fraction of sp³-hybridized carbons (Fsp3) is 0.444. The van der Waals surface area contributed by atoms with Crippen LogP contribution in [0.2, 0.25) is 0 Å². The first-order chi connectivity index (χ1) is 13.2. The zero-order valence-electron chi connectivity index (χ0n) is 15.2. The van der Waals surface area contributed by atoms with E-state index in [1.807, 2.05) is 6.92 Å². The maximum absolute atomic E-state index is 13.0. The molecular formula is C18H21F3O5S2. The van der Waals surface area contributed by atoms with Crippen molar-refractivity contribution in [1.29, 1.82) is 0 Å². The molecule has 2 aromatic carbocycles. The Balaban J connectivity index is 2.02. The van der Waals surface area contributed by atoms with Gasteiger partial charge in [-0.25, -0.2) is 3.63 Å². The Morgan fingerprint density at radius 3 is 2.46 bits per heavy atom. The molecule has 10 heteroatoms. The summed E-state index contributed by atoms with van der Waals surface area (Å²) in [7, 11) is -8.30. The Bertz CT molecular complexity index is 938. The van der Waals surface area contributed by atoms with Gasteiger partial charge in [0, 0.05) is 23.0 Å². The molecule has 0 unspecified atom stereocenters. The van der Waals surface area contributed by atoms with Gasteiger partial charge in [0.15, 0.2) is 6.79 Å². The molecule has 3 rings (SSSR count). The lowest BCUT2D eigenvalue weighted by Crippen LogP contribution is -2.27. The molecule has 156 valence electrons. The van der Waals surface area contributed by atoms with Gasteiger partial charge in [-0.3, -0.25) is 0 Å². The minimum Gasteiger partial charge on any atom is -0.468 e. The topological polar surface area (TPSA) is 61.8 Å². The van der Waals surface area contributed by atoms with Crippen molar-refractivity contribution >= 4 is 31.2 Å². The second-order valence-electron chi connectivity index (χ2n) is 6.29. The molecule has 28 heavy (non-hydrogen) atoms. The van der Waals surface area contributed by atoms with Crippen LogP contribution in [0.15, 0.2) is 41.3 Å². The highest BCUT2D eigenvalue weighted by molar-refractivity contribution is 8.33. The monoisotopic (exact) mass is 438 g/mol. The van der Waals surface area contributed by atoms with Crippen molar-refractivity contribution < 1.29 is 34.7 Å². The van der Waals surface area contributed by atoms with Gasteiger partial charge in [-0.15, -0.1) is 0 Å². The van der Waals surface area contributed by atoms with Crippen LogP contribution in [0.4, 0.5) is 13.2 Å². The SMILES string of the molecule is CCOCOc1ccc2c(S3(OS(=O)(=O)C(F)(F)F)CCCC3)cccc2c1. The zero-order valence-corrected chi connectivity index (χ0v) is 16.8. The predicted molar refractivity (Wildman–Crippen MR) is 102 cm³/mol. The number of rotatable bonds is 7. The molecule has 0 spiro atoms. The van der Waals surface area contributed by atoms with Crippen LogP contribution in [0.3, 0.4) is 0 Å². The number of ether oxygens (including phenoxy) is 2. The summed E-state index contributed by atoms with van der Waals surface area (Å²) in [4.78, 5) is 0.520. The smallest absolute Gasteiger partial charge is 0.468 e. The standard InChI is InChI=1S/C18H21F3O5S2/c1-2-24-13-25-15-8-9-16-14(12-15)6-5-7-17(16)27(10-3-4-11-27)26-28(22,23)18(19,20)21/h5-9,12H,2-4,10-11,13H2,1H3. The largest absolute Gasteiger partial charge is 0.523 e. The lowest BCUT2D eigenvalue weighted by molar-refractivity contribution is -0.0496. The van der Waals surface area contributed by atoms with Crippen molar-refractivity contribution in [2.75, 3.05) is 24.9 Å². The normalized spacial score (nSPS) is 18.3. The fourth-order valence-corrected chi connectivity index (χ4v) is 8.56. The van der Waals surface area contributed by atoms with Gasteiger partial charge in [0.2, 0.25) is 0 Å². The molecule has 0 N–H and O–H groups in total. The number of hydrogen-bond donors (Lipinski definition) is 0. The van der Waals surface area contributed by atoms with Crippen molar-refractivity contribution in [2.24, 2.45) is 0 Å². The number of alkyl halides is 3. The van der Waals surface area contributed by atoms with Crippen molar-refractivity contribution in [2.45, 2.75) is 30.2 Å². The second-order valence-corrected chi connectivity index (χ2v) is 11.1.